The summed E-state index contributed by atoms with van der Waals surface area (Å²) in [6.07, 6.45) is 4.15. The van der Waals surface area contributed by atoms with Crippen LogP contribution in [0.2, 0.25) is 5.02 Å². The summed E-state index contributed by atoms with van der Waals surface area (Å²) in [5.74, 6) is 0. The van der Waals surface area contributed by atoms with Crippen molar-refractivity contribution in [3.8, 4) is 22.4 Å². The smallest absolute Gasteiger partial charge is 0.137 e. The molecule has 2 heterocycles. The van der Waals surface area contributed by atoms with E-state index in [1.165, 1.54) is 0 Å². The number of halogens is 1. The second-order valence-electron chi connectivity index (χ2n) is 5.18. The second-order valence-corrected chi connectivity index (χ2v) is 5.62. The van der Waals surface area contributed by atoms with Gasteiger partial charge in [0.1, 0.15) is 5.65 Å². The van der Waals surface area contributed by atoms with Gasteiger partial charge in [-0.2, -0.15) is 0 Å². The molecule has 4 aromatic rings. The van der Waals surface area contributed by atoms with Crippen molar-refractivity contribution in [2.24, 2.45) is 0 Å². The normalized spacial score (nSPS) is 11.0. The third kappa shape index (κ3) is 2.38. The molecule has 22 heavy (non-hydrogen) atoms. The highest BCUT2D eigenvalue weighted by atomic mass is 35.5. The summed E-state index contributed by atoms with van der Waals surface area (Å²) in [5.41, 5.74) is 5.33. The van der Waals surface area contributed by atoms with Crippen LogP contribution in [0.25, 0.3) is 28.0 Å². The molecule has 0 spiro atoms. The zero-order chi connectivity index (χ0) is 14.9. The Bertz CT molecular complexity index is 925. The van der Waals surface area contributed by atoms with Gasteiger partial charge in [0.25, 0.3) is 0 Å². The Labute approximate surface area is 133 Å². The molecule has 0 amide bonds. The first-order valence-electron chi connectivity index (χ1n) is 7.10. The average molecular weight is 305 g/mol. The van der Waals surface area contributed by atoms with E-state index in [1.54, 1.807) is 0 Å². The van der Waals surface area contributed by atoms with Crippen molar-refractivity contribution in [1.29, 1.82) is 0 Å². The largest absolute Gasteiger partial charge is 0.306 e. The third-order valence-corrected chi connectivity index (χ3v) is 3.95. The molecule has 0 atom stereocenters. The van der Waals surface area contributed by atoms with Crippen molar-refractivity contribution >= 4 is 17.2 Å². The first-order valence-corrected chi connectivity index (χ1v) is 7.47. The summed E-state index contributed by atoms with van der Waals surface area (Å²) in [4.78, 5) is 4.67. The molecule has 0 saturated carbocycles. The van der Waals surface area contributed by atoms with Gasteiger partial charge in [-0.1, -0.05) is 54.1 Å². The number of nitrogens with zero attached hydrogens (tertiary/aromatic N) is 2. The van der Waals surface area contributed by atoms with Crippen LogP contribution < -0.4 is 0 Å². The van der Waals surface area contributed by atoms with E-state index in [9.17, 15) is 0 Å². The van der Waals surface area contributed by atoms with Gasteiger partial charge in [0.2, 0.25) is 0 Å². The standard InChI is InChI=1S/C19H13ClN2/c20-17-9-6-14(7-10-17)16-8-11-19-21-18(13-22(19)12-16)15-4-2-1-3-5-15/h1-13H. The number of hydrogen-bond donors (Lipinski definition) is 0. The molecule has 4 rings (SSSR count). The lowest BCUT2D eigenvalue weighted by Crippen LogP contribution is -1.85. The van der Waals surface area contributed by atoms with Crippen LogP contribution in [-0.2, 0) is 0 Å². The van der Waals surface area contributed by atoms with E-state index >= 15 is 0 Å². The minimum Gasteiger partial charge on any atom is -0.306 e. The van der Waals surface area contributed by atoms with E-state index in [-0.39, 0.29) is 0 Å². The van der Waals surface area contributed by atoms with Gasteiger partial charge in [0.05, 0.1) is 5.69 Å². The van der Waals surface area contributed by atoms with Crippen LogP contribution in [0.3, 0.4) is 0 Å². The summed E-state index contributed by atoms with van der Waals surface area (Å²) in [6, 6.07) is 22.2. The van der Waals surface area contributed by atoms with Crippen LogP contribution >= 0.6 is 11.6 Å². The average Bonchev–Trinajstić information content (AvgIpc) is 2.99. The molecule has 0 saturated heterocycles. The van der Waals surface area contributed by atoms with Crippen molar-refractivity contribution in [3.05, 3.63) is 84.1 Å². The number of rotatable bonds is 2. The predicted octanol–water partition coefficient (Wildman–Crippen LogP) is 5.32. The fourth-order valence-corrected chi connectivity index (χ4v) is 2.68. The minimum absolute atomic E-state index is 0.749. The maximum Gasteiger partial charge on any atom is 0.137 e. The molecule has 0 fully saturated rings. The van der Waals surface area contributed by atoms with Crippen molar-refractivity contribution in [1.82, 2.24) is 9.38 Å². The Morgan fingerprint density at radius 2 is 1.41 bits per heavy atom. The molecule has 0 aliphatic carbocycles. The highest BCUT2D eigenvalue weighted by Gasteiger charge is 2.05. The number of hydrogen-bond acceptors (Lipinski definition) is 1. The minimum atomic E-state index is 0.749. The number of fused-ring (bicyclic) bond motifs is 1. The molecule has 0 aliphatic heterocycles. The van der Waals surface area contributed by atoms with Gasteiger partial charge in [-0.15, -0.1) is 0 Å². The van der Waals surface area contributed by atoms with E-state index in [4.69, 9.17) is 11.6 Å². The van der Waals surface area contributed by atoms with Crippen LogP contribution in [0, 0.1) is 0 Å². The molecule has 0 N–H and O–H groups in total. The monoisotopic (exact) mass is 304 g/mol. The summed E-state index contributed by atoms with van der Waals surface area (Å²) < 4.78 is 2.06. The van der Waals surface area contributed by atoms with Crippen LogP contribution in [0.1, 0.15) is 0 Å². The van der Waals surface area contributed by atoms with Crippen LogP contribution in [0.5, 0.6) is 0 Å². The zero-order valence-electron chi connectivity index (χ0n) is 11.8. The Morgan fingerprint density at radius 1 is 0.682 bits per heavy atom. The van der Waals surface area contributed by atoms with Gasteiger partial charge in [0.15, 0.2) is 0 Å². The Morgan fingerprint density at radius 3 is 2.18 bits per heavy atom. The van der Waals surface area contributed by atoms with Gasteiger partial charge in [-0.25, -0.2) is 4.98 Å². The maximum atomic E-state index is 5.95. The SMILES string of the molecule is Clc1ccc(-c2ccc3nc(-c4ccccc4)cn3c2)cc1. The molecule has 2 aromatic carbocycles. The molecule has 0 radical (unpaired) electrons. The van der Waals surface area contributed by atoms with Crippen molar-refractivity contribution < 1.29 is 0 Å². The summed E-state index contributed by atoms with van der Waals surface area (Å²) in [6.45, 7) is 0. The Hall–Kier alpha value is -2.58. The third-order valence-electron chi connectivity index (χ3n) is 3.70. The Balaban J connectivity index is 1.80. The van der Waals surface area contributed by atoms with Gasteiger partial charge in [-0.05, 0) is 35.4 Å². The molecule has 0 aliphatic rings. The quantitative estimate of drug-likeness (QED) is 0.490. The van der Waals surface area contributed by atoms with E-state index in [2.05, 4.69) is 40.0 Å². The predicted molar refractivity (Wildman–Crippen MR) is 91.1 cm³/mol. The molecular formula is C19H13ClN2. The lowest BCUT2D eigenvalue weighted by molar-refractivity contribution is 1.19. The van der Waals surface area contributed by atoms with Crippen LogP contribution in [-0.4, -0.2) is 9.38 Å². The number of pyridine rings is 1. The lowest BCUT2D eigenvalue weighted by Gasteiger charge is -2.02. The first-order chi connectivity index (χ1) is 10.8. The summed E-state index contributed by atoms with van der Waals surface area (Å²) in [7, 11) is 0. The first kappa shape index (κ1) is 13.1. The molecule has 0 unspecified atom stereocenters. The van der Waals surface area contributed by atoms with Gasteiger partial charge >= 0.3 is 0 Å². The molecule has 3 heteroatoms. The fraction of sp³-hybridized carbons (Fsp3) is 0. The number of benzene rings is 2. The molecule has 2 aromatic heterocycles. The van der Waals surface area contributed by atoms with Crippen molar-refractivity contribution in [3.63, 3.8) is 0 Å². The topological polar surface area (TPSA) is 17.3 Å². The highest BCUT2D eigenvalue weighted by Crippen LogP contribution is 2.24. The van der Waals surface area contributed by atoms with E-state index in [0.717, 1.165) is 33.1 Å². The van der Waals surface area contributed by atoms with Gasteiger partial charge < -0.3 is 4.40 Å². The van der Waals surface area contributed by atoms with E-state index in [1.807, 2.05) is 48.5 Å². The molecule has 0 bridgehead atoms. The van der Waals surface area contributed by atoms with Gasteiger partial charge in [-0.3, -0.25) is 0 Å². The molecule has 2 nitrogen and oxygen atoms in total. The zero-order valence-corrected chi connectivity index (χ0v) is 12.5. The second kappa shape index (κ2) is 5.32. The summed E-state index contributed by atoms with van der Waals surface area (Å²) in [5, 5.41) is 0.749. The molecular weight excluding hydrogens is 292 g/mol. The fourth-order valence-electron chi connectivity index (χ4n) is 2.55. The van der Waals surface area contributed by atoms with E-state index in [0.29, 0.717) is 0 Å². The van der Waals surface area contributed by atoms with Gasteiger partial charge in [0, 0.05) is 23.0 Å². The molecule has 106 valence electrons. The van der Waals surface area contributed by atoms with Crippen molar-refractivity contribution in [2.75, 3.05) is 0 Å². The summed E-state index contributed by atoms with van der Waals surface area (Å²) >= 11 is 5.95. The maximum absolute atomic E-state index is 5.95. The Kier molecular flexibility index (Phi) is 3.17. The number of imidazole rings is 1. The lowest BCUT2D eigenvalue weighted by atomic mass is 10.1. The van der Waals surface area contributed by atoms with Crippen LogP contribution in [0.15, 0.2) is 79.1 Å². The van der Waals surface area contributed by atoms with Crippen molar-refractivity contribution in [2.45, 2.75) is 0 Å². The van der Waals surface area contributed by atoms with Crippen LogP contribution in [0.4, 0.5) is 0 Å². The van der Waals surface area contributed by atoms with E-state index < -0.39 is 0 Å². The number of aromatic nitrogens is 2. The highest BCUT2D eigenvalue weighted by molar-refractivity contribution is 6.30.